The van der Waals surface area contributed by atoms with E-state index in [2.05, 4.69) is 12.2 Å². The van der Waals surface area contributed by atoms with Gasteiger partial charge in [0.1, 0.15) is 5.75 Å². The lowest BCUT2D eigenvalue weighted by atomic mass is 9.99. The number of likely N-dealkylation sites (N-methyl/N-ethyl adjacent to an activating group) is 1. The lowest BCUT2D eigenvalue weighted by Crippen LogP contribution is -2.14. The van der Waals surface area contributed by atoms with Gasteiger partial charge < -0.3 is 15.5 Å². The molecule has 0 aliphatic rings. The molecular weight excluding hydrogens is 178 g/mol. The Labute approximate surface area is 84.4 Å². The van der Waals surface area contributed by atoms with Crippen LogP contribution in [-0.4, -0.2) is 23.8 Å². The van der Waals surface area contributed by atoms with Gasteiger partial charge in [-0.05, 0) is 30.7 Å². The van der Waals surface area contributed by atoms with Gasteiger partial charge in [-0.1, -0.05) is 13.0 Å². The molecule has 0 aliphatic carbocycles. The largest absolute Gasteiger partial charge is 0.508 e. The first-order valence-electron chi connectivity index (χ1n) is 4.76. The second kappa shape index (κ2) is 4.98. The van der Waals surface area contributed by atoms with E-state index in [4.69, 9.17) is 5.11 Å². The molecule has 1 atom stereocenters. The minimum Gasteiger partial charge on any atom is -0.508 e. The van der Waals surface area contributed by atoms with Gasteiger partial charge in [0.2, 0.25) is 0 Å². The Hall–Kier alpha value is -1.06. The molecule has 0 aliphatic heterocycles. The molecule has 1 unspecified atom stereocenters. The van der Waals surface area contributed by atoms with Crippen LogP contribution in [0.3, 0.4) is 0 Å². The van der Waals surface area contributed by atoms with Crippen LogP contribution in [0.25, 0.3) is 0 Å². The molecule has 0 fully saturated rings. The summed E-state index contributed by atoms with van der Waals surface area (Å²) in [6.45, 7) is 2.87. The molecule has 0 heterocycles. The summed E-state index contributed by atoms with van der Waals surface area (Å²) in [5.41, 5.74) is 1.71. The maximum atomic E-state index is 9.37. The van der Waals surface area contributed by atoms with Crippen LogP contribution < -0.4 is 5.32 Å². The van der Waals surface area contributed by atoms with Crippen molar-refractivity contribution in [3.8, 4) is 5.75 Å². The van der Waals surface area contributed by atoms with E-state index in [0.717, 1.165) is 12.1 Å². The van der Waals surface area contributed by atoms with E-state index in [1.807, 2.05) is 19.2 Å². The van der Waals surface area contributed by atoms with Crippen molar-refractivity contribution in [2.45, 2.75) is 19.4 Å². The summed E-state index contributed by atoms with van der Waals surface area (Å²) in [5, 5.41) is 21.4. The summed E-state index contributed by atoms with van der Waals surface area (Å²) < 4.78 is 0. The zero-order valence-electron chi connectivity index (χ0n) is 8.62. The Morgan fingerprint density at radius 2 is 2.14 bits per heavy atom. The molecule has 0 saturated carbocycles. The molecule has 1 rings (SSSR count). The van der Waals surface area contributed by atoms with Crippen LogP contribution in [-0.2, 0) is 6.61 Å². The molecule has 0 amide bonds. The highest BCUT2D eigenvalue weighted by Gasteiger charge is 2.07. The molecule has 3 N–H and O–H groups in total. The zero-order chi connectivity index (χ0) is 10.6. The van der Waals surface area contributed by atoms with E-state index in [1.54, 1.807) is 6.07 Å². The van der Waals surface area contributed by atoms with E-state index in [-0.39, 0.29) is 12.4 Å². The standard InChI is InChI=1S/C11H17NO2/c1-8(6-12-2)9-3-4-11(14)10(5-9)7-13/h3-5,8,12-14H,6-7H2,1-2H3. The number of hydrogen-bond donors (Lipinski definition) is 3. The number of hydrogen-bond acceptors (Lipinski definition) is 3. The molecule has 0 saturated heterocycles. The van der Waals surface area contributed by atoms with Crippen molar-refractivity contribution in [1.82, 2.24) is 5.32 Å². The van der Waals surface area contributed by atoms with Gasteiger partial charge in [0.05, 0.1) is 6.61 Å². The monoisotopic (exact) mass is 195 g/mol. The number of benzene rings is 1. The van der Waals surface area contributed by atoms with Gasteiger partial charge in [0.15, 0.2) is 0 Å². The quantitative estimate of drug-likeness (QED) is 0.677. The summed E-state index contributed by atoms with van der Waals surface area (Å²) in [7, 11) is 1.91. The SMILES string of the molecule is CNCC(C)c1ccc(O)c(CO)c1. The third-order valence-electron chi connectivity index (χ3n) is 2.35. The van der Waals surface area contributed by atoms with Crippen LogP contribution >= 0.6 is 0 Å². The Morgan fingerprint density at radius 3 is 2.71 bits per heavy atom. The van der Waals surface area contributed by atoms with Crippen LogP contribution in [0.15, 0.2) is 18.2 Å². The third kappa shape index (κ3) is 2.47. The topological polar surface area (TPSA) is 52.5 Å². The van der Waals surface area contributed by atoms with E-state index < -0.39 is 0 Å². The molecule has 0 spiro atoms. The number of nitrogens with one attached hydrogen (secondary N) is 1. The maximum absolute atomic E-state index is 9.37. The highest BCUT2D eigenvalue weighted by atomic mass is 16.3. The molecule has 1 aromatic rings. The average Bonchev–Trinajstić information content (AvgIpc) is 2.19. The molecule has 3 heteroatoms. The van der Waals surface area contributed by atoms with Crippen molar-refractivity contribution >= 4 is 0 Å². The summed E-state index contributed by atoms with van der Waals surface area (Å²) >= 11 is 0. The van der Waals surface area contributed by atoms with E-state index in [1.165, 1.54) is 0 Å². The van der Waals surface area contributed by atoms with E-state index >= 15 is 0 Å². The van der Waals surface area contributed by atoms with Crippen LogP contribution in [0.4, 0.5) is 0 Å². The number of phenols is 1. The first kappa shape index (κ1) is 11.0. The number of aliphatic hydroxyl groups excluding tert-OH is 1. The van der Waals surface area contributed by atoms with Crippen LogP contribution in [0.2, 0.25) is 0 Å². The Kier molecular flexibility index (Phi) is 3.92. The molecule has 3 nitrogen and oxygen atoms in total. The fourth-order valence-corrected chi connectivity index (χ4v) is 1.46. The predicted octanol–water partition coefficient (Wildman–Crippen LogP) is 1.21. The third-order valence-corrected chi connectivity index (χ3v) is 2.35. The van der Waals surface area contributed by atoms with Crippen molar-refractivity contribution < 1.29 is 10.2 Å². The fraction of sp³-hybridized carbons (Fsp3) is 0.455. The van der Waals surface area contributed by atoms with Crippen LogP contribution in [0.1, 0.15) is 24.0 Å². The molecule has 0 radical (unpaired) electrons. The van der Waals surface area contributed by atoms with Gasteiger partial charge in [0, 0.05) is 12.1 Å². The van der Waals surface area contributed by atoms with Crippen molar-refractivity contribution in [1.29, 1.82) is 0 Å². The van der Waals surface area contributed by atoms with Crippen molar-refractivity contribution in [3.05, 3.63) is 29.3 Å². The second-order valence-electron chi connectivity index (χ2n) is 3.50. The average molecular weight is 195 g/mol. The minimum atomic E-state index is -0.119. The predicted molar refractivity (Wildman–Crippen MR) is 56.4 cm³/mol. The fourth-order valence-electron chi connectivity index (χ4n) is 1.46. The molecule has 1 aromatic carbocycles. The van der Waals surface area contributed by atoms with E-state index in [9.17, 15) is 5.11 Å². The molecule has 78 valence electrons. The van der Waals surface area contributed by atoms with Gasteiger partial charge in [-0.3, -0.25) is 0 Å². The van der Waals surface area contributed by atoms with Crippen molar-refractivity contribution in [2.24, 2.45) is 0 Å². The smallest absolute Gasteiger partial charge is 0.121 e. The molecule has 0 aromatic heterocycles. The number of aliphatic hydroxyl groups is 1. The van der Waals surface area contributed by atoms with Gasteiger partial charge in [-0.25, -0.2) is 0 Å². The Morgan fingerprint density at radius 1 is 1.43 bits per heavy atom. The molecular formula is C11H17NO2. The first-order chi connectivity index (χ1) is 6.69. The Balaban J connectivity index is 2.88. The van der Waals surface area contributed by atoms with Crippen LogP contribution in [0, 0.1) is 0 Å². The number of aromatic hydroxyl groups is 1. The zero-order valence-corrected chi connectivity index (χ0v) is 8.62. The maximum Gasteiger partial charge on any atom is 0.121 e. The van der Waals surface area contributed by atoms with E-state index in [0.29, 0.717) is 11.5 Å². The Bertz CT molecular complexity index is 299. The van der Waals surface area contributed by atoms with Gasteiger partial charge >= 0.3 is 0 Å². The van der Waals surface area contributed by atoms with Gasteiger partial charge in [0.25, 0.3) is 0 Å². The number of rotatable bonds is 4. The van der Waals surface area contributed by atoms with Gasteiger partial charge in [-0.2, -0.15) is 0 Å². The van der Waals surface area contributed by atoms with Crippen molar-refractivity contribution in [2.75, 3.05) is 13.6 Å². The highest BCUT2D eigenvalue weighted by molar-refractivity contribution is 5.37. The lowest BCUT2D eigenvalue weighted by molar-refractivity contribution is 0.275. The normalized spacial score (nSPS) is 12.8. The summed E-state index contributed by atoms with van der Waals surface area (Å²) in [4.78, 5) is 0. The summed E-state index contributed by atoms with van der Waals surface area (Å²) in [5.74, 6) is 0.541. The summed E-state index contributed by atoms with van der Waals surface area (Å²) in [6, 6.07) is 5.36. The van der Waals surface area contributed by atoms with Crippen molar-refractivity contribution in [3.63, 3.8) is 0 Å². The minimum absolute atomic E-state index is 0.119. The summed E-state index contributed by atoms with van der Waals surface area (Å²) in [6.07, 6.45) is 0. The van der Waals surface area contributed by atoms with Crippen LogP contribution in [0.5, 0.6) is 5.75 Å². The molecule has 0 bridgehead atoms. The first-order valence-corrected chi connectivity index (χ1v) is 4.76. The van der Waals surface area contributed by atoms with Gasteiger partial charge in [-0.15, -0.1) is 0 Å². The molecule has 14 heavy (non-hydrogen) atoms. The lowest BCUT2D eigenvalue weighted by Gasteiger charge is -2.12. The highest BCUT2D eigenvalue weighted by Crippen LogP contribution is 2.22. The second-order valence-corrected chi connectivity index (χ2v) is 3.50.